The largest absolute Gasteiger partial charge is 0.338 e. The minimum absolute atomic E-state index is 0.0830. The fourth-order valence-electron chi connectivity index (χ4n) is 2.55. The van der Waals surface area contributed by atoms with E-state index < -0.39 is 0 Å². The van der Waals surface area contributed by atoms with Crippen LogP contribution in [0.25, 0.3) is 10.2 Å². The summed E-state index contributed by atoms with van der Waals surface area (Å²) in [6, 6.07) is 1.82. The monoisotopic (exact) mass is 303 g/mol. The summed E-state index contributed by atoms with van der Waals surface area (Å²) in [6.07, 6.45) is 6.88. The van der Waals surface area contributed by atoms with Crippen LogP contribution in [0.2, 0.25) is 0 Å². The van der Waals surface area contributed by atoms with Gasteiger partial charge in [-0.2, -0.15) is 0 Å². The van der Waals surface area contributed by atoms with Gasteiger partial charge in [0.1, 0.15) is 10.5 Å². The van der Waals surface area contributed by atoms with E-state index in [-0.39, 0.29) is 11.5 Å². The lowest BCUT2D eigenvalue weighted by Gasteiger charge is -2.18. The minimum Gasteiger partial charge on any atom is -0.338 e. The van der Waals surface area contributed by atoms with E-state index in [4.69, 9.17) is 0 Å². The van der Waals surface area contributed by atoms with Crippen LogP contribution >= 0.6 is 11.3 Å². The molecular weight excluding hydrogens is 286 g/mol. The average molecular weight is 303 g/mol. The number of thiophene rings is 1. The SMILES string of the molecule is CN(Cc1nc2ccsc2c(=O)[nH]1)C(=O)CC1C=CCC1. The highest BCUT2D eigenvalue weighted by Crippen LogP contribution is 2.21. The molecule has 2 heterocycles. The Morgan fingerprint density at radius 1 is 1.57 bits per heavy atom. The molecule has 6 heteroatoms. The molecule has 21 heavy (non-hydrogen) atoms. The summed E-state index contributed by atoms with van der Waals surface area (Å²) in [5, 5.41) is 1.85. The average Bonchev–Trinajstić information content (AvgIpc) is 3.09. The highest BCUT2D eigenvalue weighted by Gasteiger charge is 2.18. The summed E-state index contributed by atoms with van der Waals surface area (Å²) in [4.78, 5) is 32.8. The van der Waals surface area contributed by atoms with Crippen molar-refractivity contribution in [1.82, 2.24) is 14.9 Å². The molecule has 1 atom stereocenters. The van der Waals surface area contributed by atoms with Gasteiger partial charge in [-0.1, -0.05) is 12.2 Å². The quantitative estimate of drug-likeness (QED) is 0.881. The normalized spacial score (nSPS) is 17.5. The number of rotatable bonds is 4. The van der Waals surface area contributed by atoms with Gasteiger partial charge in [-0.05, 0) is 30.2 Å². The van der Waals surface area contributed by atoms with E-state index in [0.29, 0.717) is 34.9 Å². The molecule has 0 fully saturated rings. The van der Waals surface area contributed by atoms with E-state index in [1.54, 1.807) is 11.9 Å². The maximum absolute atomic E-state index is 12.2. The van der Waals surface area contributed by atoms with E-state index in [9.17, 15) is 9.59 Å². The number of nitrogens with one attached hydrogen (secondary N) is 1. The van der Waals surface area contributed by atoms with Crippen molar-refractivity contribution in [2.75, 3.05) is 7.05 Å². The summed E-state index contributed by atoms with van der Waals surface area (Å²) < 4.78 is 0.629. The molecule has 0 aliphatic heterocycles. The lowest BCUT2D eigenvalue weighted by molar-refractivity contribution is -0.131. The highest BCUT2D eigenvalue weighted by atomic mass is 32.1. The fourth-order valence-corrected chi connectivity index (χ4v) is 3.28. The van der Waals surface area contributed by atoms with Crippen LogP contribution in [0.3, 0.4) is 0 Å². The number of allylic oxidation sites excluding steroid dienone is 2. The molecule has 1 amide bonds. The molecule has 0 aromatic carbocycles. The van der Waals surface area contributed by atoms with E-state index in [0.717, 1.165) is 12.8 Å². The summed E-state index contributed by atoms with van der Waals surface area (Å²) >= 11 is 1.37. The second-order valence-electron chi connectivity index (χ2n) is 5.37. The van der Waals surface area contributed by atoms with Crippen molar-refractivity contribution in [2.24, 2.45) is 5.92 Å². The van der Waals surface area contributed by atoms with Gasteiger partial charge in [-0.25, -0.2) is 4.98 Å². The van der Waals surface area contributed by atoms with Gasteiger partial charge in [0, 0.05) is 13.5 Å². The standard InChI is InChI=1S/C15H17N3O2S/c1-18(13(19)8-10-4-2-3-5-10)9-12-16-11-6-7-21-14(11)15(20)17-12/h2,4,6-7,10H,3,5,8-9H2,1H3,(H,16,17,20). The van der Waals surface area contributed by atoms with Crippen molar-refractivity contribution in [1.29, 1.82) is 0 Å². The smallest absolute Gasteiger partial charge is 0.268 e. The van der Waals surface area contributed by atoms with Crippen molar-refractivity contribution in [3.05, 3.63) is 39.8 Å². The molecule has 1 unspecified atom stereocenters. The Hall–Kier alpha value is -1.95. The fraction of sp³-hybridized carbons (Fsp3) is 0.400. The molecular formula is C15H17N3O2S. The Morgan fingerprint density at radius 3 is 3.19 bits per heavy atom. The summed E-state index contributed by atoms with van der Waals surface area (Å²) in [5.74, 6) is 0.967. The molecule has 1 N–H and O–H groups in total. The molecule has 110 valence electrons. The first kappa shape index (κ1) is 14.0. The third-order valence-corrected chi connectivity index (χ3v) is 4.63. The lowest BCUT2D eigenvalue weighted by atomic mass is 10.0. The van der Waals surface area contributed by atoms with Crippen LogP contribution in [-0.2, 0) is 11.3 Å². The third-order valence-electron chi connectivity index (χ3n) is 3.73. The Morgan fingerprint density at radius 2 is 2.43 bits per heavy atom. The number of fused-ring (bicyclic) bond motifs is 1. The van der Waals surface area contributed by atoms with E-state index in [2.05, 4.69) is 22.1 Å². The number of nitrogens with zero attached hydrogens (tertiary/aromatic N) is 2. The van der Waals surface area contributed by atoms with E-state index in [1.165, 1.54) is 11.3 Å². The first-order valence-electron chi connectivity index (χ1n) is 7.00. The predicted molar refractivity (Wildman–Crippen MR) is 83.2 cm³/mol. The number of aromatic nitrogens is 2. The van der Waals surface area contributed by atoms with E-state index >= 15 is 0 Å². The van der Waals surface area contributed by atoms with Crippen molar-refractivity contribution in [2.45, 2.75) is 25.8 Å². The van der Waals surface area contributed by atoms with Gasteiger partial charge in [0.15, 0.2) is 0 Å². The molecule has 0 radical (unpaired) electrons. The number of amides is 1. The molecule has 2 aromatic heterocycles. The zero-order chi connectivity index (χ0) is 14.8. The second kappa shape index (κ2) is 5.81. The van der Waals surface area contributed by atoms with Gasteiger partial charge in [-0.3, -0.25) is 9.59 Å². The molecule has 5 nitrogen and oxygen atoms in total. The van der Waals surface area contributed by atoms with Crippen molar-refractivity contribution >= 4 is 27.5 Å². The van der Waals surface area contributed by atoms with Crippen molar-refractivity contribution in [3.63, 3.8) is 0 Å². The predicted octanol–water partition coefficient (Wildman–Crippen LogP) is 2.30. The molecule has 1 aliphatic rings. The summed E-state index contributed by atoms with van der Waals surface area (Å²) in [7, 11) is 1.75. The first-order chi connectivity index (χ1) is 10.1. The topological polar surface area (TPSA) is 66.1 Å². The number of hydrogen-bond acceptors (Lipinski definition) is 4. The Kier molecular flexibility index (Phi) is 3.88. The Bertz CT molecular complexity index is 747. The Balaban J connectivity index is 1.70. The maximum Gasteiger partial charge on any atom is 0.268 e. The molecule has 3 rings (SSSR count). The van der Waals surface area contributed by atoms with Crippen LogP contribution in [0.1, 0.15) is 25.1 Å². The summed E-state index contributed by atoms with van der Waals surface area (Å²) in [5.41, 5.74) is 0.558. The number of H-pyrrole nitrogens is 1. The zero-order valence-electron chi connectivity index (χ0n) is 11.8. The molecule has 0 saturated heterocycles. The first-order valence-corrected chi connectivity index (χ1v) is 7.88. The van der Waals surface area contributed by atoms with Gasteiger partial charge in [0.25, 0.3) is 5.56 Å². The number of carbonyl (C=O) groups is 1. The van der Waals surface area contributed by atoms with Crippen LogP contribution in [0.15, 0.2) is 28.4 Å². The highest BCUT2D eigenvalue weighted by molar-refractivity contribution is 7.17. The van der Waals surface area contributed by atoms with Gasteiger partial charge < -0.3 is 9.88 Å². The molecule has 2 aromatic rings. The van der Waals surface area contributed by atoms with Gasteiger partial charge in [0.2, 0.25) is 5.91 Å². The number of carbonyl (C=O) groups excluding carboxylic acids is 1. The van der Waals surface area contributed by atoms with Crippen LogP contribution in [0.4, 0.5) is 0 Å². The van der Waals surface area contributed by atoms with Crippen LogP contribution in [0, 0.1) is 5.92 Å². The number of hydrogen-bond donors (Lipinski definition) is 1. The third kappa shape index (κ3) is 3.05. The zero-order valence-corrected chi connectivity index (χ0v) is 12.7. The van der Waals surface area contributed by atoms with E-state index in [1.807, 2.05) is 11.4 Å². The Labute approximate surface area is 126 Å². The van der Waals surface area contributed by atoms with Crippen LogP contribution in [0.5, 0.6) is 0 Å². The summed E-state index contributed by atoms with van der Waals surface area (Å²) in [6.45, 7) is 0.330. The second-order valence-corrected chi connectivity index (χ2v) is 6.28. The molecule has 1 aliphatic carbocycles. The van der Waals surface area contributed by atoms with Gasteiger partial charge >= 0.3 is 0 Å². The van der Waals surface area contributed by atoms with Crippen molar-refractivity contribution in [3.8, 4) is 0 Å². The number of aromatic amines is 1. The van der Waals surface area contributed by atoms with Gasteiger partial charge in [0.05, 0.1) is 12.1 Å². The molecule has 0 spiro atoms. The van der Waals surface area contributed by atoms with Gasteiger partial charge in [-0.15, -0.1) is 11.3 Å². The van der Waals surface area contributed by atoms with Crippen LogP contribution < -0.4 is 5.56 Å². The van der Waals surface area contributed by atoms with Crippen LogP contribution in [-0.4, -0.2) is 27.8 Å². The molecule has 0 saturated carbocycles. The minimum atomic E-state index is -0.135. The van der Waals surface area contributed by atoms with Crippen molar-refractivity contribution < 1.29 is 4.79 Å². The maximum atomic E-state index is 12.2. The molecule has 0 bridgehead atoms. The lowest BCUT2D eigenvalue weighted by Crippen LogP contribution is -2.29.